The van der Waals surface area contributed by atoms with Crippen molar-refractivity contribution < 1.29 is 4.79 Å². The average molecular weight is 399 g/mol. The quantitative estimate of drug-likeness (QED) is 0.607. The third kappa shape index (κ3) is 3.54. The third-order valence-corrected chi connectivity index (χ3v) is 6.50. The smallest absolute Gasteiger partial charge is 0.159 e. The largest absolute Gasteiger partial charge is 0.369 e. The predicted octanol–water partition coefficient (Wildman–Crippen LogP) is 4.96. The summed E-state index contributed by atoms with van der Waals surface area (Å²) in [6, 6.07) is 27.2. The van der Waals surface area contributed by atoms with Crippen LogP contribution in [-0.4, -0.2) is 36.9 Å². The van der Waals surface area contributed by atoms with Crippen LogP contribution >= 0.6 is 0 Å². The Bertz CT molecular complexity index is 966. The number of Topliss-reactive ketones (excluding diaryl/α,β-unsaturated/α-hetero) is 1. The maximum atomic E-state index is 13.3. The number of carbonyl (C=O) groups excluding carboxylic acids is 1. The second-order valence-corrected chi connectivity index (χ2v) is 8.24. The lowest BCUT2D eigenvalue weighted by Gasteiger charge is -2.47. The zero-order valence-electron chi connectivity index (χ0n) is 18.1. The fraction of sp³-hybridized carbons (Fsp3) is 0.296. The van der Waals surface area contributed by atoms with Crippen LogP contribution < -0.4 is 4.90 Å². The number of benzene rings is 3. The molecule has 0 aliphatic carbocycles. The van der Waals surface area contributed by atoms with Gasteiger partial charge in [0.2, 0.25) is 0 Å². The first kappa shape index (κ1) is 20.4. The van der Waals surface area contributed by atoms with Gasteiger partial charge in [-0.1, -0.05) is 66.7 Å². The first-order valence-corrected chi connectivity index (χ1v) is 10.7. The van der Waals surface area contributed by atoms with E-state index in [2.05, 4.69) is 66.1 Å². The van der Waals surface area contributed by atoms with E-state index in [-0.39, 0.29) is 5.78 Å². The van der Waals surface area contributed by atoms with Gasteiger partial charge in [-0.15, -0.1) is 0 Å². The van der Waals surface area contributed by atoms with Gasteiger partial charge in [0.15, 0.2) is 5.78 Å². The van der Waals surface area contributed by atoms with E-state index >= 15 is 0 Å². The topological polar surface area (TPSA) is 23.6 Å². The molecule has 0 atom stereocenters. The Balaban J connectivity index is 1.69. The molecule has 0 unspecified atom stereocenters. The van der Waals surface area contributed by atoms with Crippen molar-refractivity contribution in [2.24, 2.45) is 0 Å². The van der Waals surface area contributed by atoms with E-state index in [4.69, 9.17) is 0 Å². The van der Waals surface area contributed by atoms with E-state index in [1.807, 2.05) is 36.4 Å². The first-order valence-electron chi connectivity index (χ1n) is 10.7. The minimum atomic E-state index is -0.752. The summed E-state index contributed by atoms with van der Waals surface area (Å²) in [4.78, 5) is 18.2. The van der Waals surface area contributed by atoms with Crippen LogP contribution in [0.25, 0.3) is 0 Å². The molecule has 3 nitrogen and oxygen atoms in total. The highest BCUT2D eigenvalue weighted by molar-refractivity contribution is 5.91. The highest BCUT2D eigenvalue weighted by Crippen LogP contribution is 2.38. The van der Waals surface area contributed by atoms with Crippen molar-refractivity contribution in [2.75, 3.05) is 31.1 Å². The molecular weight excluding hydrogens is 368 g/mol. The average Bonchev–Trinajstić information content (AvgIpc) is 2.78. The van der Waals surface area contributed by atoms with E-state index in [1.165, 1.54) is 16.8 Å². The SMILES string of the molecule is CC(=O)C(c1ccccc1)(c1ccccc1)N1CCN(c2ccc(C)c(C)c2)CC1. The summed E-state index contributed by atoms with van der Waals surface area (Å²) in [7, 11) is 0. The number of aryl methyl sites for hydroxylation is 2. The molecule has 3 aromatic rings. The number of piperazine rings is 1. The molecule has 0 saturated carbocycles. The number of hydrogen-bond donors (Lipinski definition) is 0. The normalized spacial score (nSPS) is 15.2. The van der Waals surface area contributed by atoms with E-state index in [1.54, 1.807) is 6.92 Å². The van der Waals surface area contributed by atoms with Crippen LogP contribution in [0.3, 0.4) is 0 Å². The molecule has 30 heavy (non-hydrogen) atoms. The lowest BCUT2D eigenvalue weighted by Crippen LogP contribution is -2.59. The lowest BCUT2D eigenvalue weighted by molar-refractivity contribution is -0.127. The molecule has 3 aromatic carbocycles. The van der Waals surface area contributed by atoms with Gasteiger partial charge in [-0.25, -0.2) is 0 Å². The number of carbonyl (C=O) groups is 1. The fourth-order valence-electron chi connectivity index (χ4n) is 4.74. The minimum absolute atomic E-state index is 0.166. The van der Waals surface area contributed by atoms with Crippen LogP contribution in [0.1, 0.15) is 29.2 Å². The Morgan fingerprint density at radius 1 is 0.733 bits per heavy atom. The maximum absolute atomic E-state index is 13.3. The number of rotatable bonds is 5. The van der Waals surface area contributed by atoms with Gasteiger partial charge < -0.3 is 4.90 Å². The van der Waals surface area contributed by atoms with Crippen LogP contribution in [0.2, 0.25) is 0 Å². The van der Waals surface area contributed by atoms with Crippen molar-refractivity contribution >= 4 is 11.5 Å². The van der Waals surface area contributed by atoms with Crippen LogP contribution in [0, 0.1) is 13.8 Å². The summed E-state index contributed by atoms with van der Waals surface area (Å²) < 4.78 is 0. The first-order chi connectivity index (χ1) is 14.5. The Labute approximate surface area is 180 Å². The number of ketones is 1. The van der Waals surface area contributed by atoms with E-state index in [0.717, 1.165) is 37.3 Å². The van der Waals surface area contributed by atoms with Gasteiger partial charge in [0.1, 0.15) is 5.54 Å². The summed E-state index contributed by atoms with van der Waals surface area (Å²) in [5.74, 6) is 0.166. The molecule has 0 spiro atoms. The molecule has 0 bridgehead atoms. The highest BCUT2D eigenvalue weighted by Gasteiger charge is 2.45. The molecule has 1 fully saturated rings. The van der Waals surface area contributed by atoms with Gasteiger partial charge in [-0.3, -0.25) is 9.69 Å². The van der Waals surface area contributed by atoms with Gasteiger partial charge in [0, 0.05) is 31.9 Å². The van der Waals surface area contributed by atoms with Crippen molar-refractivity contribution in [1.29, 1.82) is 0 Å². The van der Waals surface area contributed by atoms with Gasteiger partial charge in [-0.2, -0.15) is 0 Å². The minimum Gasteiger partial charge on any atom is -0.369 e. The van der Waals surface area contributed by atoms with Crippen LogP contribution in [0.4, 0.5) is 5.69 Å². The molecule has 1 saturated heterocycles. The summed E-state index contributed by atoms with van der Waals surface area (Å²) in [5.41, 5.74) is 5.25. The molecule has 0 N–H and O–H groups in total. The lowest BCUT2D eigenvalue weighted by atomic mass is 9.77. The van der Waals surface area contributed by atoms with Gasteiger partial charge >= 0.3 is 0 Å². The van der Waals surface area contributed by atoms with Gasteiger partial charge in [0.25, 0.3) is 0 Å². The second-order valence-electron chi connectivity index (χ2n) is 8.24. The maximum Gasteiger partial charge on any atom is 0.159 e. The molecule has 154 valence electrons. The highest BCUT2D eigenvalue weighted by atomic mass is 16.1. The van der Waals surface area contributed by atoms with Crippen LogP contribution in [0.5, 0.6) is 0 Å². The Kier molecular flexibility index (Phi) is 5.74. The second kappa shape index (κ2) is 8.45. The summed E-state index contributed by atoms with van der Waals surface area (Å²) in [5, 5.41) is 0. The molecule has 3 heteroatoms. The summed E-state index contributed by atoms with van der Waals surface area (Å²) in [6.45, 7) is 9.51. The van der Waals surface area contributed by atoms with E-state index < -0.39 is 5.54 Å². The zero-order valence-corrected chi connectivity index (χ0v) is 18.1. The third-order valence-electron chi connectivity index (χ3n) is 6.50. The molecule has 0 radical (unpaired) electrons. The van der Waals surface area contributed by atoms with Crippen molar-refractivity contribution in [1.82, 2.24) is 4.90 Å². The standard InChI is InChI=1S/C27H30N2O/c1-21-14-15-26(20-22(21)2)28-16-18-29(19-17-28)27(23(3)30,24-10-6-4-7-11-24)25-12-8-5-9-13-25/h4-15,20H,16-19H2,1-3H3. The molecule has 0 amide bonds. The molecule has 1 aliphatic rings. The zero-order chi connectivity index (χ0) is 21.1. The predicted molar refractivity (Wildman–Crippen MR) is 124 cm³/mol. The summed E-state index contributed by atoms with van der Waals surface area (Å²) in [6.07, 6.45) is 0. The molecular formula is C27H30N2O. The van der Waals surface area contributed by atoms with Crippen LogP contribution in [-0.2, 0) is 10.3 Å². The van der Waals surface area contributed by atoms with Gasteiger partial charge in [-0.05, 0) is 55.2 Å². The van der Waals surface area contributed by atoms with E-state index in [9.17, 15) is 4.79 Å². The molecule has 1 heterocycles. The van der Waals surface area contributed by atoms with Crippen molar-refractivity contribution in [2.45, 2.75) is 26.3 Å². The Hall–Kier alpha value is -2.91. The van der Waals surface area contributed by atoms with Crippen molar-refractivity contribution in [3.8, 4) is 0 Å². The number of anilines is 1. The monoisotopic (exact) mass is 398 g/mol. The van der Waals surface area contributed by atoms with E-state index in [0.29, 0.717) is 0 Å². The Morgan fingerprint density at radius 3 is 1.73 bits per heavy atom. The van der Waals surface area contributed by atoms with Crippen molar-refractivity contribution in [3.05, 3.63) is 101 Å². The Morgan fingerprint density at radius 2 is 1.27 bits per heavy atom. The summed E-state index contributed by atoms with van der Waals surface area (Å²) >= 11 is 0. The van der Waals surface area contributed by atoms with Crippen molar-refractivity contribution in [3.63, 3.8) is 0 Å². The molecule has 1 aliphatic heterocycles. The molecule has 4 rings (SSSR count). The number of nitrogens with zero attached hydrogens (tertiary/aromatic N) is 2. The number of hydrogen-bond acceptors (Lipinski definition) is 3. The van der Waals surface area contributed by atoms with Crippen LogP contribution in [0.15, 0.2) is 78.9 Å². The fourth-order valence-corrected chi connectivity index (χ4v) is 4.74. The van der Waals surface area contributed by atoms with Gasteiger partial charge in [0.05, 0.1) is 0 Å². The molecule has 0 aromatic heterocycles.